The molecule has 0 radical (unpaired) electrons. The van der Waals surface area contributed by atoms with E-state index in [2.05, 4.69) is 42.9 Å². The van der Waals surface area contributed by atoms with Gasteiger partial charge in [-0.05, 0) is 19.9 Å². The van der Waals surface area contributed by atoms with Gasteiger partial charge in [0.2, 0.25) is 5.89 Å². The molecule has 8 heteroatoms. The standard InChI is InChI=1S/C10H15N7O/c1-3-4-11-7(2)8-15-17-10(18-8)14-9-12-5-6-13-16-9/h5-7,11H,3-4H2,1-2H3,(H,12,14,16,17). The molecule has 0 aliphatic carbocycles. The molecule has 0 fully saturated rings. The second-order valence-electron chi connectivity index (χ2n) is 3.71. The lowest BCUT2D eigenvalue weighted by Crippen LogP contribution is -2.19. The molecule has 1 unspecified atom stereocenters. The summed E-state index contributed by atoms with van der Waals surface area (Å²) in [5.41, 5.74) is 0. The van der Waals surface area contributed by atoms with Crippen LogP contribution in [0.4, 0.5) is 12.0 Å². The summed E-state index contributed by atoms with van der Waals surface area (Å²) in [5, 5.41) is 21.3. The molecule has 0 aromatic carbocycles. The number of nitrogens with one attached hydrogen (secondary N) is 2. The van der Waals surface area contributed by atoms with E-state index in [1.165, 1.54) is 12.4 Å². The van der Waals surface area contributed by atoms with Gasteiger partial charge >= 0.3 is 6.01 Å². The van der Waals surface area contributed by atoms with Gasteiger partial charge in [0.05, 0.1) is 18.4 Å². The summed E-state index contributed by atoms with van der Waals surface area (Å²) in [6.45, 7) is 4.96. The lowest BCUT2D eigenvalue weighted by atomic mass is 10.3. The van der Waals surface area contributed by atoms with Gasteiger partial charge in [-0.1, -0.05) is 12.0 Å². The zero-order valence-corrected chi connectivity index (χ0v) is 10.3. The predicted octanol–water partition coefficient (Wildman–Crippen LogP) is 1.06. The van der Waals surface area contributed by atoms with Crippen molar-refractivity contribution < 1.29 is 4.42 Å². The van der Waals surface area contributed by atoms with Crippen LogP contribution in [-0.4, -0.2) is 31.9 Å². The van der Waals surface area contributed by atoms with Crippen LogP contribution >= 0.6 is 0 Å². The minimum Gasteiger partial charge on any atom is -0.406 e. The summed E-state index contributed by atoms with van der Waals surface area (Å²) in [7, 11) is 0. The van der Waals surface area contributed by atoms with E-state index >= 15 is 0 Å². The van der Waals surface area contributed by atoms with Gasteiger partial charge in [0.15, 0.2) is 0 Å². The number of anilines is 2. The van der Waals surface area contributed by atoms with Gasteiger partial charge in [0.25, 0.3) is 5.95 Å². The van der Waals surface area contributed by atoms with Gasteiger partial charge in [-0.25, -0.2) is 4.98 Å². The summed E-state index contributed by atoms with van der Waals surface area (Å²) >= 11 is 0. The van der Waals surface area contributed by atoms with Gasteiger partial charge in [0.1, 0.15) is 0 Å². The Hall–Kier alpha value is -2.09. The van der Waals surface area contributed by atoms with E-state index in [9.17, 15) is 0 Å². The van der Waals surface area contributed by atoms with E-state index in [0.717, 1.165) is 13.0 Å². The largest absolute Gasteiger partial charge is 0.406 e. The summed E-state index contributed by atoms with van der Waals surface area (Å²) < 4.78 is 5.44. The predicted molar refractivity (Wildman–Crippen MR) is 64.1 cm³/mol. The third-order valence-corrected chi connectivity index (χ3v) is 2.21. The topological polar surface area (TPSA) is 102 Å². The molecule has 0 amide bonds. The van der Waals surface area contributed by atoms with Crippen molar-refractivity contribution in [1.29, 1.82) is 0 Å². The maximum Gasteiger partial charge on any atom is 0.322 e. The highest BCUT2D eigenvalue weighted by molar-refractivity contribution is 5.37. The Morgan fingerprint density at radius 2 is 2.17 bits per heavy atom. The SMILES string of the molecule is CCCNC(C)c1nnc(Nc2nccnn2)o1. The van der Waals surface area contributed by atoms with Crippen LogP contribution in [0.25, 0.3) is 0 Å². The summed E-state index contributed by atoms with van der Waals surface area (Å²) in [6, 6.07) is 0.269. The monoisotopic (exact) mass is 249 g/mol. The summed E-state index contributed by atoms with van der Waals surface area (Å²) in [4.78, 5) is 3.95. The zero-order valence-electron chi connectivity index (χ0n) is 10.3. The van der Waals surface area contributed by atoms with E-state index < -0.39 is 0 Å². The molecule has 2 heterocycles. The van der Waals surface area contributed by atoms with Crippen molar-refractivity contribution in [1.82, 2.24) is 30.7 Å². The number of hydrogen-bond donors (Lipinski definition) is 2. The maximum absolute atomic E-state index is 5.44. The fourth-order valence-electron chi connectivity index (χ4n) is 1.31. The van der Waals surface area contributed by atoms with E-state index in [0.29, 0.717) is 11.8 Å². The Morgan fingerprint density at radius 1 is 1.28 bits per heavy atom. The minimum absolute atomic E-state index is 0.0165. The maximum atomic E-state index is 5.44. The first kappa shape index (κ1) is 12.4. The van der Waals surface area contributed by atoms with Crippen LogP contribution in [-0.2, 0) is 0 Å². The number of rotatable bonds is 6. The van der Waals surface area contributed by atoms with Crippen molar-refractivity contribution in [3.05, 3.63) is 18.3 Å². The molecule has 0 spiro atoms. The molecule has 2 N–H and O–H groups in total. The molecule has 0 aliphatic heterocycles. The smallest absolute Gasteiger partial charge is 0.322 e. The molecule has 0 saturated heterocycles. The molecular formula is C10H15N7O. The Morgan fingerprint density at radius 3 is 2.89 bits per heavy atom. The van der Waals surface area contributed by atoms with Crippen molar-refractivity contribution >= 4 is 12.0 Å². The molecule has 18 heavy (non-hydrogen) atoms. The third-order valence-electron chi connectivity index (χ3n) is 2.21. The molecule has 96 valence electrons. The Labute approximate surface area is 104 Å². The normalized spacial score (nSPS) is 12.3. The first-order valence-electron chi connectivity index (χ1n) is 5.77. The Bertz CT molecular complexity index is 472. The van der Waals surface area contributed by atoms with E-state index in [1.807, 2.05) is 6.92 Å². The summed E-state index contributed by atoms with van der Waals surface area (Å²) in [5.74, 6) is 0.844. The zero-order chi connectivity index (χ0) is 12.8. The fourth-order valence-corrected chi connectivity index (χ4v) is 1.31. The van der Waals surface area contributed by atoms with Crippen LogP contribution in [0.3, 0.4) is 0 Å². The van der Waals surface area contributed by atoms with Gasteiger partial charge in [0, 0.05) is 0 Å². The Kier molecular flexibility index (Phi) is 4.13. The first-order valence-corrected chi connectivity index (χ1v) is 5.77. The molecule has 2 aromatic rings. The third kappa shape index (κ3) is 3.20. The molecule has 0 bridgehead atoms. The number of aromatic nitrogens is 5. The van der Waals surface area contributed by atoms with Crippen LogP contribution in [0.5, 0.6) is 0 Å². The van der Waals surface area contributed by atoms with Crippen molar-refractivity contribution in [2.75, 3.05) is 11.9 Å². The van der Waals surface area contributed by atoms with Crippen molar-refractivity contribution in [2.24, 2.45) is 0 Å². The quantitative estimate of drug-likeness (QED) is 0.783. The first-order chi connectivity index (χ1) is 8.79. The molecule has 2 aromatic heterocycles. The molecule has 1 atom stereocenters. The average molecular weight is 249 g/mol. The molecule has 8 nitrogen and oxygen atoms in total. The second kappa shape index (κ2) is 6.01. The van der Waals surface area contributed by atoms with Crippen molar-refractivity contribution in [3.8, 4) is 0 Å². The minimum atomic E-state index is 0.0165. The molecular weight excluding hydrogens is 234 g/mol. The second-order valence-corrected chi connectivity index (χ2v) is 3.71. The van der Waals surface area contributed by atoms with Gasteiger partial charge < -0.3 is 9.73 Å². The highest BCUT2D eigenvalue weighted by Gasteiger charge is 2.13. The lowest BCUT2D eigenvalue weighted by molar-refractivity contribution is 0.424. The van der Waals surface area contributed by atoms with Crippen LogP contribution in [0.1, 0.15) is 32.2 Å². The molecule has 0 aliphatic rings. The highest BCUT2D eigenvalue weighted by atomic mass is 16.4. The van der Waals surface area contributed by atoms with E-state index in [1.54, 1.807) is 0 Å². The van der Waals surface area contributed by atoms with Crippen molar-refractivity contribution in [3.63, 3.8) is 0 Å². The summed E-state index contributed by atoms with van der Waals surface area (Å²) in [6.07, 6.45) is 4.06. The lowest BCUT2D eigenvalue weighted by Gasteiger charge is -2.07. The fraction of sp³-hybridized carbons (Fsp3) is 0.500. The van der Waals surface area contributed by atoms with Crippen LogP contribution in [0.15, 0.2) is 16.8 Å². The van der Waals surface area contributed by atoms with E-state index in [4.69, 9.17) is 4.42 Å². The highest BCUT2D eigenvalue weighted by Crippen LogP contribution is 2.15. The van der Waals surface area contributed by atoms with E-state index in [-0.39, 0.29) is 12.1 Å². The van der Waals surface area contributed by atoms with Gasteiger partial charge in [-0.15, -0.1) is 10.2 Å². The Balaban J connectivity index is 1.98. The van der Waals surface area contributed by atoms with Gasteiger partial charge in [-0.3, -0.25) is 5.32 Å². The van der Waals surface area contributed by atoms with Crippen LogP contribution in [0, 0.1) is 0 Å². The average Bonchev–Trinajstić information content (AvgIpc) is 2.86. The number of nitrogens with zero attached hydrogens (tertiary/aromatic N) is 5. The van der Waals surface area contributed by atoms with Crippen LogP contribution < -0.4 is 10.6 Å². The molecule has 2 rings (SSSR count). The van der Waals surface area contributed by atoms with Crippen molar-refractivity contribution in [2.45, 2.75) is 26.3 Å². The van der Waals surface area contributed by atoms with Crippen LogP contribution in [0.2, 0.25) is 0 Å². The molecule has 0 saturated carbocycles. The van der Waals surface area contributed by atoms with Gasteiger partial charge in [-0.2, -0.15) is 5.10 Å². The number of hydrogen-bond acceptors (Lipinski definition) is 8.